The van der Waals surface area contributed by atoms with E-state index in [1.54, 1.807) is 6.92 Å². The molecule has 0 aliphatic rings. The van der Waals surface area contributed by atoms with E-state index in [2.05, 4.69) is 10.6 Å². The van der Waals surface area contributed by atoms with Gasteiger partial charge in [0.25, 0.3) is 0 Å². The number of halogens is 2. The number of hydrogen-bond acceptors (Lipinski definition) is 3. The van der Waals surface area contributed by atoms with Gasteiger partial charge >= 0.3 is 6.03 Å². The van der Waals surface area contributed by atoms with Crippen molar-refractivity contribution >= 4 is 6.03 Å². The highest BCUT2D eigenvalue weighted by molar-refractivity contribution is 5.74. The Morgan fingerprint density at radius 1 is 1.43 bits per heavy atom. The molecule has 0 aromatic heterocycles. The molecule has 0 spiro atoms. The number of hydrogen-bond donors (Lipinski definition) is 3. The number of methoxy groups -OCH3 is 1. The van der Waals surface area contributed by atoms with Crippen molar-refractivity contribution in [2.45, 2.75) is 25.5 Å². The fourth-order valence-corrected chi connectivity index (χ4v) is 1.85. The van der Waals surface area contributed by atoms with Crippen molar-refractivity contribution in [1.29, 1.82) is 0 Å². The minimum atomic E-state index is -0.827. The summed E-state index contributed by atoms with van der Waals surface area (Å²) in [6.45, 7) is 1.84. The average molecular weight is 302 g/mol. The van der Waals surface area contributed by atoms with Gasteiger partial charge in [0.2, 0.25) is 0 Å². The van der Waals surface area contributed by atoms with E-state index in [1.165, 1.54) is 7.11 Å². The summed E-state index contributed by atoms with van der Waals surface area (Å²) in [5, 5.41) is 14.4. The fraction of sp³-hybridized carbons (Fsp3) is 0.500. The molecule has 0 saturated heterocycles. The monoisotopic (exact) mass is 302 g/mol. The van der Waals surface area contributed by atoms with Crippen LogP contribution in [0.1, 0.15) is 24.9 Å². The lowest BCUT2D eigenvalue weighted by atomic mass is 10.0. The normalized spacial score (nSPS) is 13.6. The Hall–Kier alpha value is -1.73. The van der Waals surface area contributed by atoms with Gasteiger partial charge in [-0.15, -0.1) is 0 Å². The molecule has 5 nitrogen and oxygen atoms in total. The number of rotatable bonds is 7. The lowest BCUT2D eigenvalue weighted by molar-refractivity contribution is 0.0659. The number of ether oxygens (including phenoxy) is 1. The zero-order valence-corrected chi connectivity index (χ0v) is 12.0. The summed E-state index contributed by atoms with van der Waals surface area (Å²) in [6.07, 6.45) is -0.430. The lowest BCUT2D eigenvalue weighted by Gasteiger charge is -2.19. The van der Waals surface area contributed by atoms with Crippen molar-refractivity contribution < 1.29 is 23.4 Å². The third-order valence-corrected chi connectivity index (χ3v) is 2.90. The summed E-state index contributed by atoms with van der Waals surface area (Å²) in [6, 6.07) is 1.88. The molecular formula is C14H20F2N2O3. The quantitative estimate of drug-likeness (QED) is 0.718. The number of amides is 2. The molecule has 0 radical (unpaired) electrons. The first kappa shape index (κ1) is 17.3. The molecule has 2 unspecified atom stereocenters. The summed E-state index contributed by atoms with van der Waals surface area (Å²) in [4.78, 5) is 11.7. The molecule has 118 valence electrons. The van der Waals surface area contributed by atoms with Crippen LogP contribution in [0.3, 0.4) is 0 Å². The molecule has 1 aromatic carbocycles. The molecule has 0 aliphatic heterocycles. The van der Waals surface area contributed by atoms with Crippen LogP contribution in [0, 0.1) is 11.6 Å². The maximum atomic E-state index is 13.7. The maximum Gasteiger partial charge on any atom is 0.315 e. The van der Waals surface area contributed by atoms with E-state index >= 15 is 0 Å². The van der Waals surface area contributed by atoms with E-state index in [-0.39, 0.29) is 18.7 Å². The smallest absolute Gasteiger partial charge is 0.315 e. The predicted molar refractivity (Wildman–Crippen MR) is 73.8 cm³/mol. The molecule has 0 heterocycles. The Labute approximate surface area is 122 Å². The van der Waals surface area contributed by atoms with Crippen molar-refractivity contribution in [3.8, 4) is 0 Å². The summed E-state index contributed by atoms with van der Waals surface area (Å²) < 4.78 is 31.6. The number of aliphatic hydroxyl groups is 1. The molecule has 3 N–H and O–H groups in total. The van der Waals surface area contributed by atoms with Crippen LogP contribution in [0.2, 0.25) is 0 Å². The second kappa shape index (κ2) is 8.53. The van der Waals surface area contributed by atoms with Gasteiger partial charge in [-0.25, -0.2) is 13.6 Å². The number of benzene rings is 1. The van der Waals surface area contributed by atoms with E-state index in [1.807, 2.05) is 0 Å². The molecule has 7 heteroatoms. The zero-order valence-electron chi connectivity index (χ0n) is 12.0. The molecule has 0 bridgehead atoms. The minimum absolute atomic E-state index is 0.00173. The Balaban J connectivity index is 2.61. The van der Waals surface area contributed by atoms with E-state index in [9.17, 15) is 18.7 Å². The molecule has 21 heavy (non-hydrogen) atoms. The van der Waals surface area contributed by atoms with Gasteiger partial charge in [-0.05, 0) is 24.6 Å². The van der Waals surface area contributed by atoms with Gasteiger partial charge < -0.3 is 20.5 Å². The predicted octanol–water partition coefficient (Wildman–Crippen LogP) is 1.72. The molecule has 0 saturated carbocycles. The molecule has 0 aliphatic carbocycles. The van der Waals surface area contributed by atoms with Gasteiger partial charge in [-0.2, -0.15) is 0 Å². The van der Waals surface area contributed by atoms with Crippen LogP contribution in [0.15, 0.2) is 18.2 Å². The van der Waals surface area contributed by atoms with Crippen LogP contribution in [0.25, 0.3) is 0 Å². The summed E-state index contributed by atoms with van der Waals surface area (Å²) in [5.74, 6) is -1.15. The van der Waals surface area contributed by atoms with Gasteiger partial charge in [0.1, 0.15) is 11.6 Å². The number of aliphatic hydroxyl groups excluding tert-OH is 1. The number of carbonyl (C=O) groups excluding carboxylic acids is 1. The second-order valence-electron chi connectivity index (χ2n) is 4.59. The van der Waals surface area contributed by atoms with Gasteiger partial charge in [-0.1, -0.05) is 6.92 Å². The summed E-state index contributed by atoms with van der Waals surface area (Å²) in [7, 11) is 1.43. The highest BCUT2D eigenvalue weighted by atomic mass is 19.1. The molecular weight excluding hydrogens is 282 g/mol. The summed E-state index contributed by atoms with van der Waals surface area (Å²) >= 11 is 0. The van der Waals surface area contributed by atoms with Crippen LogP contribution in [0.5, 0.6) is 0 Å². The van der Waals surface area contributed by atoms with Crippen LogP contribution in [-0.2, 0) is 4.74 Å². The Bertz CT molecular complexity index is 472. The average Bonchev–Trinajstić information content (AvgIpc) is 2.45. The Kier molecular flexibility index (Phi) is 7.04. The van der Waals surface area contributed by atoms with Crippen molar-refractivity contribution in [3.05, 3.63) is 35.4 Å². The van der Waals surface area contributed by atoms with E-state index in [4.69, 9.17) is 4.74 Å². The molecule has 0 fully saturated rings. The maximum absolute atomic E-state index is 13.7. The lowest BCUT2D eigenvalue weighted by Crippen LogP contribution is -2.42. The topological polar surface area (TPSA) is 70.6 Å². The van der Waals surface area contributed by atoms with Gasteiger partial charge in [0, 0.05) is 19.2 Å². The van der Waals surface area contributed by atoms with E-state index in [0.29, 0.717) is 6.42 Å². The van der Waals surface area contributed by atoms with Gasteiger partial charge in [-0.3, -0.25) is 0 Å². The van der Waals surface area contributed by atoms with Crippen molar-refractivity contribution in [3.63, 3.8) is 0 Å². The second-order valence-corrected chi connectivity index (χ2v) is 4.59. The van der Waals surface area contributed by atoms with Crippen molar-refractivity contribution in [2.75, 3.05) is 20.3 Å². The first-order valence-electron chi connectivity index (χ1n) is 6.64. The van der Waals surface area contributed by atoms with Crippen molar-refractivity contribution in [1.82, 2.24) is 10.6 Å². The summed E-state index contributed by atoms with van der Waals surface area (Å²) in [5.41, 5.74) is 0.0880. The molecule has 2 amide bonds. The highest BCUT2D eigenvalue weighted by Crippen LogP contribution is 2.20. The first-order chi connectivity index (χ1) is 9.97. The Morgan fingerprint density at radius 2 is 2.14 bits per heavy atom. The third-order valence-electron chi connectivity index (χ3n) is 2.90. The zero-order chi connectivity index (χ0) is 15.8. The molecule has 1 rings (SSSR count). The highest BCUT2D eigenvalue weighted by Gasteiger charge is 2.17. The number of urea groups is 1. The standard InChI is InChI=1S/C14H20F2N2O3/c1-3-13(11-6-9(15)4-5-12(11)16)18-14(20)17-7-10(19)8-21-2/h4-6,10,13,19H,3,7-8H2,1-2H3,(H2,17,18,20). The van der Waals surface area contributed by atoms with Gasteiger partial charge in [0.15, 0.2) is 0 Å². The number of nitrogens with one attached hydrogen (secondary N) is 2. The number of carbonyl (C=O) groups is 1. The van der Waals surface area contributed by atoms with Crippen LogP contribution < -0.4 is 10.6 Å². The van der Waals surface area contributed by atoms with Crippen molar-refractivity contribution in [2.24, 2.45) is 0 Å². The van der Waals surface area contributed by atoms with E-state index < -0.39 is 29.8 Å². The SMILES string of the molecule is CCC(NC(=O)NCC(O)COC)c1cc(F)ccc1F. The minimum Gasteiger partial charge on any atom is -0.389 e. The molecule has 2 atom stereocenters. The largest absolute Gasteiger partial charge is 0.389 e. The molecule has 1 aromatic rings. The Morgan fingerprint density at radius 3 is 2.76 bits per heavy atom. The van der Waals surface area contributed by atoms with Crippen LogP contribution in [0.4, 0.5) is 13.6 Å². The van der Waals surface area contributed by atoms with E-state index in [0.717, 1.165) is 18.2 Å². The van der Waals surface area contributed by atoms with Crippen LogP contribution >= 0.6 is 0 Å². The first-order valence-corrected chi connectivity index (χ1v) is 6.64. The third kappa shape index (κ3) is 5.65. The van der Waals surface area contributed by atoms with Gasteiger partial charge in [0.05, 0.1) is 18.8 Å². The fourth-order valence-electron chi connectivity index (χ4n) is 1.85. The van der Waals surface area contributed by atoms with Crippen LogP contribution in [-0.4, -0.2) is 37.5 Å².